The lowest BCUT2D eigenvalue weighted by Crippen LogP contribution is -2.27. The Balaban J connectivity index is 1.65. The van der Waals surface area contributed by atoms with Crippen LogP contribution in [0.1, 0.15) is 46.0 Å². The molecule has 122 valence electrons. The second-order valence-corrected chi connectivity index (χ2v) is 7.06. The van der Waals surface area contributed by atoms with Crippen molar-refractivity contribution in [3.05, 3.63) is 69.7 Å². The maximum Gasteiger partial charge on any atom is 0.272 e. The zero-order chi connectivity index (χ0) is 16.5. The molecule has 0 fully saturated rings. The molecule has 1 N–H and O–H groups in total. The fourth-order valence-electron chi connectivity index (χ4n) is 3.28. The van der Waals surface area contributed by atoms with Crippen LogP contribution in [0.4, 0.5) is 0 Å². The van der Waals surface area contributed by atoms with E-state index in [9.17, 15) is 4.79 Å². The van der Waals surface area contributed by atoms with E-state index in [0.29, 0.717) is 5.69 Å². The molecule has 0 radical (unpaired) electrons. The molecule has 4 rings (SSSR count). The minimum absolute atomic E-state index is 0.00331. The van der Waals surface area contributed by atoms with Gasteiger partial charge < -0.3 is 5.32 Å². The number of hydrogen-bond donors (Lipinski definition) is 1. The molecule has 0 saturated heterocycles. The predicted molar refractivity (Wildman–Crippen MR) is 95.8 cm³/mol. The van der Waals surface area contributed by atoms with Crippen molar-refractivity contribution in [1.29, 1.82) is 0 Å². The van der Waals surface area contributed by atoms with E-state index < -0.39 is 0 Å². The van der Waals surface area contributed by atoms with Crippen LogP contribution in [0.5, 0.6) is 0 Å². The number of thiophene rings is 1. The average molecular weight is 337 g/mol. The van der Waals surface area contributed by atoms with Crippen molar-refractivity contribution in [2.45, 2.75) is 32.2 Å². The van der Waals surface area contributed by atoms with E-state index in [-0.39, 0.29) is 11.9 Å². The van der Waals surface area contributed by atoms with Crippen molar-refractivity contribution in [1.82, 2.24) is 15.1 Å². The summed E-state index contributed by atoms with van der Waals surface area (Å²) in [6.45, 7) is 2.01. The van der Waals surface area contributed by atoms with Gasteiger partial charge in [-0.2, -0.15) is 5.10 Å². The highest BCUT2D eigenvalue weighted by Gasteiger charge is 2.27. The minimum atomic E-state index is -0.0799. The normalized spacial score (nSPS) is 14.4. The summed E-state index contributed by atoms with van der Waals surface area (Å²) in [5.41, 5.74) is 3.88. The minimum Gasteiger partial charge on any atom is -0.343 e. The first kappa shape index (κ1) is 15.1. The van der Waals surface area contributed by atoms with Crippen molar-refractivity contribution < 1.29 is 4.79 Å². The molecule has 24 heavy (non-hydrogen) atoms. The van der Waals surface area contributed by atoms with Crippen LogP contribution in [-0.4, -0.2) is 15.7 Å². The number of nitrogens with one attached hydrogen (secondary N) is 1. The van der Waals surface area contributed by atoms with Gasteiger partial charge in [-0.05, 0) is 49.8 Å². The number of aromatic nitrogens is 2. The first-order chi connectivity index (χ1) is 11.7. The van der Waals surface area contributed by atoms with Crippen molar-refractivity contribution in [3.63, 3.8) is 0 Å². The maximum absolute atomic E-state index is 12.8. The standard InChI is InChI=1S/C19H19N3OS/c1-13(17-11-6-12-24-17)20-19(23)18-15-9-5-10-16(15)22(21-18)14-7-3-2-4-8-14/h2-4,6-8,11-13H,5,9-10H2,1H3,(H,20,23). The number of nitrogens with zero attached hydrogens (tertiary/aromatic N) is 2. The topological polar surface area (TPSA) is 46.9 Å². The van der Waals surface area contributed by atoms with Crippen LogP contribution < -0.4 is 5.32 Å². The predicted octanol–water partition coefficient (Wildman–Crippen LogP) is 3.91. The first-order valence-electron chi connectivity index (χ1n) is 8.24. The van der Waals surface area contributed by atoms with Crippen molar-refractivity contribution in [3.8, 4) is 5.69 Å². The molecule has 0 bridgehead atoms. The second-order valence-electron chi connectivity index (χ2n) is 6.09. The third-order valence-electron chi connectivity index (χ3n) is 4.46. The van der Waals surface area contributed by atoms with Gasteiger partial charge in [-0.3, -0.25) is 4.79 Å². The number of carbonyl (C=O) groups excluding carboxylic acids is 1. The average Bonchev–Trinajstić information content (AvgIpc) is 3.32. The second kappa shape index (κ2) is 6.24. The number of fused-ring (bicyclic) bond motifs is 1. The summed E-state index contributed by atoms with van der Waals surface area (Å²) in [5, 5.41) is 9.76. The lowest BCUT2D eigenvalue weighted by molar-refractivity contribution is 0.0934. The number of benzene rings is 1. The Morgan fingerprint density at radius 3 is 2.79 bits per heavy atom. The highest BCUT2D eigenvalue weighted by Crippen LogP contribution is 2.28. The van der Waals surface area contributed by atoms with Gasteiger partial charge in [0.2, 0.25) is 0 Å². The van der Waals surface area contributed by atoms with E-state index in [0.717, 1.165) is 35.4 Å². The Morgan fingerprint density at radius 2 is 2.04 bits per heavy atom. The summed E-state index contributed by atoms with van der Waals surface area (Å²) >= 11 is 1.66. The largest absolute Gasteiger partial charge is 0.343 e. The van der Waals surface area contributed by atoms with Crippen molar-refractivity contribution in [2.24, 2.45) is 0 Å². The Labute approximate surface area is 145 Å². The van der Waals surface area contributed by atoms with Gasteiger partial charge in [0.25, 0.3) is 5.91 Å². The lowest BCUT2D eigenvalue weighted by Gasteiger charge is -2.11. The van der Waals surface area contributed by atoms with E-state index >= 15 is 0 Å². The SMILES string of the molecule is CC(NC(=O)c1nn(-c2ccccc2)c2c1CCC2)c1cccs1. The number of para-hydroxylation sites is 1. The molecule has 3 aromatic rings. The molecule has 0 saturated carbocycles. The molecule has 1 aliphatic carbocycles. The highest BCUT2D eigenvalue weighted by atomic mass is 32.1. The summed E-state index contributed by atoms with van der Waals surface area (Å²) in [6.07, 6.45) is 2.99. The molecule has 5 heteroatoms. The molecule has 1 aliphatic rings. The van der Waals surface area contributed by atoms with E-state index in [1.54, 1.807) is 11.3 Å². The molecule has 1 amide bonds. The molecule has 2 aromatic heterocycles. The summed E-state index contributed by atoms with van der Waals surface area (Å²) in [5.74, 6) is -0.0799. The molecule has 1 unspecified atom stereocenters. The van der Waals surface area contributed by atoms with E-state index in [1.807, 2.05) is 59.5 Å². The number of hydrogen-bond acceptors (Lipinski definition) is 3. The Morgan fingerprint density at radius 1 is 1.21 bits per heavy atom. The highest BCUT2D eigenvalue weighted by molar-refractivity contribution is 7.10. The molecule has 0 spiro atoms. The van der Waals surface area contributed by atoms with Gasteiger partial charge in [0.1, 0.15) is 0 Å². The van der Waals surface area contributed by atoms with E-state index in [1.165, 1.54) is 5.69 Å². The summed E-state index contributed by atoms with van der Waals surface area (Å²) in [7, 11) is 0. The Hall–Kier alpha value is -2.40. The zero-order valence-corrected chi connectivity index (χ0v) is 14.3. The van der Waals surface area contributed by atoms with Crippen LogP contribution in [0.2, 0.25) is 0 Å². The molecular formula is C19H19N3OS. The van der Waals surface area contributed by atoms with Crippen LogP contribution in [0, 0.1) is 0 Å². The van der Waals surface area contributed by atoms with Gasteiger partial charge in [-0.25, -0.2) is 4.68 Å². The molecule has 4 nitrogen and oxygen atoms in total. The fraction of sp³-hybridized carbons (Fsp3) is 0.263. The van der Waals surface area contributed by atoms with Crippen LogP contribution >= 0.6 is 11.3 Å². The monoisotopic (exact) mass is 337 g/mol. The third kappa shape index (κ3) is 2.65. The first-order valence-corrected chi connectivity index (χ1v) is 9.12. The maximum atomic E-state index is 12.8. The summed E-state index contributed by atoms with van der Waals surface area (Å²) in [6, 6.07) is 14.1. The van der Waals surface area contributed by atoms with Gasteiger partial charge in [0, 0.05) is 16.1 Å². The number of amides is 1. The zero-order valence-electron chi connectivity index (χ0n) is 13.5. The summed E-state index contributed by atoms with van der Waals surface area (Å²) < 4.78 is 1.94. The van der Waals surface area contributed by atoms with E-state index in [4.69, 9.17) is 0 Å². The Kier molecular flexibility index (Phi) is 3.94. The van der Waals surface area contributed by atoms with Crippen LogP contribution in [0.15, 0.2) is 47.8 Å². The molecular weight excluding hydrogens is 318 g/mol. The number of carbonyl (C=O) groups is 1. The quantitative estimate of drug-likeness (QED) is 0.784. The molecule has 2 heterocycles. The van der Waals surface area contributed by atoms with Crippen LogP contribution in [0.3, 0.4) is 0 Å². The van der Waals surface area contributed by atoms with Crippen molar-refractivity contribution in [2.75, 3.05) is 0 Å². The smallest absolute Gasteiger partial charge is 0.272 e. The summed E-state index contributed by atoms with van der Waals surface area (Å²) in [4.78, 5) is 13.9. The van der Waals surface area contributed by atoms with Crippen molar-refractivity contribution >= 4 is 17.2 Å². The van der Waals surface area contributed by atoms with Gasteiger partial charge in [-0.1, -0.05) is 24.3 Å². The van der Waals surface area contributed by atoms with Crippen LogP contribution in [-0.2, 0) is 12.8 Å². The Bertz CT molecular complexity index is 852. The third-order valence-corrected chi connectivity index (χ3v) is 5.52. The van der Waals surface area contributed by atoms with Gasteiger partial charge >= 0.3 is 0 Å². The molecule has 1 atom stereocenters. The molecule has 0 aliphatic heterocycles. The number of rotatable bonds is 4. The molecule has 1 aromatic carbocycles. The van der Waals surface area contributed by atoms with E-state index in [2.05, 4.69) is 10.4 Å². The lowest BCUT2D eigenvalue weighted by atomic mass is 10.1. The van der Waals surface area contributed by atoms with Gasteiger partial charge in [0.05, 0.1) is 11.7 Å². The van der Waals surface area contributed by atoms with Gasteiger partial charge in [-0.15, -0.1) is 11.3 Å². The van der Waals surface area contributed by atoms with Gasteiger partial charge in [0.15, 0.2) is 5.69 Å². The van der Waals surface area contributed by atoms with Crippen LogP contribution in [0.25, 0.3) is 5.69 Å². The fourth-order valence-corrected chi connectivity index (χ4v) is 4.01.